The molecule has 132 valence electrons. The zero-order chi connectivity index (χ0) is 17.6. The summed E-state index contributed by atoms with van der Waals surface area (Å²) in [4.78, 5) is 26.1. The molecule has 1 aromatic heterocycles. The van der Waals surface area contributed by atoms with Crippen LogP contribution in [0.2, 0.25) is 0 Å². The van der Waals surface area contributed by atoms with E-state index in [0.29, 0.717) is 24.4 Å². The fourth-order valence-electron chi connectivity index (χ4n) is 2.75. The second-order valence-corrected chi connectivity index (χ2v) is 7.06. The Bertz CT molecular complexity index is 713. The highest BCUT2D eigenvalue weighted by Crippen LogP contribution is 2.39. The van der Waals surface area contributed by atoms with Crippen LogP contribution >= 0.6 is 11.8 Å². The summed E-state index contributed by atoms with van der Waals surface area (Å²) in [5.74, 6) is 1.29. The summed E-state index contributed by atoms with van der Waals surface area (Å²) >= 11 is 1.60. The van der Waals surface area contributed by atoms with Crippen LogP contribution in [-0.2, 0) is 11.3 Å². The second kappa shape index (κ2) is 8.25. The van der Waals surface area contributed by atoms with Gasteiger partial charge in [0, 0.05) is 12.1 Å². The molecule has 1 aliphatic heterocycles. The summed E-state index contributed by atoms with van der Waals surface area (Å²) < 4.78 is 5.37. The van der Waals surface area contributed by atoms with Crippen molar-refractivity contribution in [1.82, 2.24) is 10.2 Å². The second-order valence-electron chi connectivity index (χ2n) is 6.00. The van der Waals surface area contributed by atoms with Gasteiger partial charge in [-0.2, -0.15) is 0 Å². The van der Waals surface area contributed by atoms with Gasteiger partial charge in [0.2, 0.25) is 5.91 Å². The lowest BCUT2D eigenvalue weighted by Crippen LogP contribution is -2.27. The Hall–Kier alpha value is -2.21. The van der Waals surface area contributed by atoms with Crippen molar-refractivity contribution in [3.63, 3.8) is 0 Å². The Labute approximate surface area is 151 Å². The van der Waals surface area contributed by atoms with Crippen molar-refractivity contribution < 1.29 is 14.0 Å². The molecule has 2 aromatic rings. The minimum Gasteiger partial charge on any atom is -0.467 e. The van der Waals surface area contributed by atoms with Crippen molar-refractivity contribution in [2.75, 3.05) is 12.3 Å². The van der Waals surface area contributed by atoms with Crippen LogP contribution in [0, 0.1) is 0 Å². The summed E-state index contributed by atoms with van der Waals surface area (Å²) in [5.41, 5.74) is 1.67. The first-order chi connectivity index (χ1) is 12.2. The Balaban J connectivity index is 1.68. The Morgan fingerprint density at radius 2 is 2.12 bits per heavy atom. The Morgan fingerprint density at radius 3 is 2.80 bits per heavy atom. The molecular formula is C19H22N2O3S. The minimum absolute atomic E-state index is 0.0465. The number of unbranched alkanes of at least 4 members (excludes halogenated alkanes) is 1. The van der Waals surface area contributed by atoms with Gasteiger partial charge in [-0.3, -0.25) is 9.59 Å². The number of rotatable bonds is 7. The van der Waals surface area contributed by atoms with Gasteiger partial charge in [0.1, 0.15) is 11.1 Å². The zero-order valence-corrected chi connectivity index (χ0v) is 15.1. The first-order valence-corrected chi connectivity index (χ1v) is 9.55. The van der Waals surface area contributed by atoms with E-state index in [4.69, 9.17) is 4.42 Å². The molecule has 1 aromatic carbocycles. The predicted molar refractivity (Wildman–Crippen MR) is 98.1 cm³/mol. The van der Waals surface area contributed by atoms with Crippen LogP contribution in [0.15, 0.2) is 47.1 Å². The van der Waals surface area contributed by atoms with E-state index in [1.807, 2.05) is 41.3 Å². The average Bonchev–Trinajstić information content (AvgIpc) is 3.26. The molecule has 0 radical (unpaired) electrons. The van der Waals surface area contributed by atoms with E-state index in [1.54, 1.807) is 18.0 Å². The van der Waals surface area contributed by atoms with Crippen LogP contribution in [0.3, 0.4) is 0 Å². The molecular weight excluding hydrogens is 336 g/mol. The third-order valence-corrected chi connectivity index (χ3v) is 5.40. The molecule has 2 heterocycles. The van der Waals surface area contributed by atoms with E-state index >= 15 is 0 Å². The molecule has 6 heteroatoms. The van der Waals surface area contributed by atoms with Gasteiger partial charge in [-0.15, -0.1) is 11.8 Å². The molecule has 1 N–H and O–H groups in total. The van der Waals surface area contributed by atoms with Crippen LogP contribution in [0.4, 0.5) is 0 Å². The van der Waals surface area contributed by atoms with Crippen LogP contribution in [0.1, 0.15) is 46.8 Å². The van der Waals surface area contributed by atoms with Crippen LogP contribution in [0.25, 0.3) is 0 Å². The number of carbonyl (C=O) groups excluding carboxylic acids is 2. The monoisotopic (exact) mass is 358 g/mol. The van der Waals surface area contributed by atoms with Crippen molar-refractivity contribution in [3.8, 4) is 0 Å². The molecule has 2 amide bonds. The highest BCUT2D eigenvalue weighted by atomic mass is 32.2. The molecule has 0 spiro atoms. The van der Waals surface area contributed by atoms with Gasteiger partial charge in [0.15, 0.2) is 0 Å². The number of nitrogens with zero attached hydrogens (tertiary/aromatic N) is 1. The standard InChI is InChI=1S/C19H22N2O3S/c1-2-3-10-20-18(23)14-6-8-15(9-7-14)19-21(17(22)13-25-19)12-16-5-4-11-24-16/h4-9,11,19H,2-3,10,12-13H2,1H3,(H,20,23)/t19-/m1/s1. The fraction of sp³-hybridized carbons (Fsp3) is 0.368. The summed E-state index contributed by atoms with van der Waals surface area (Å²) in [5, 5.41) is 2.87. The highest BCUT2D eigenvalue weighted by Gasteiger charge is 2.33. The first-order valence-electron chi connectivity index (χ1n) is 8.50. The van der Waals surface area contributed by atoms with Gasteiger partial charge >= 0.3 is 0 Å². The molecule has 0 aliphatic carbocycles. The van der Waals surface area contributed by atoms with Gasteiger partial charge in [0.25, 0.3) is 5.91 Å². The quantitative estimate of drug-likeness (QED) is 0.769. The van der Waals surface area contributed by atoms with Crippen LogP contribution < -0.4 is 5.32 Å². The van der Waals surface area contributed by atoms with Gasteiger partial charge in [-0.1, -0.05) is 25.5 Å². The maximum atomic E-state index is 12.2. The fourth-order valence-corrected chi connectivity index (χ4v) is 3.94. The number of amides is 2. The normalized spacial score (nSPS) is 17.1. The van der Waals surface area contributed by atoms with Gasteiger partial charge in [-0.05, 0) is 36.2 Å². The molecule has 3 rings (SSSR count). The molecule has 0 bridgehead atoms. The molecule has 1 fully saturated rings. The molecule has 5 nitrogen and oxygen atoms in total. The highest BCUT2D eigenvalue weighted by molar-refractivity contribution is 8.00. The number of thioether (sulfide) groups is 1. The molecule has 0 saturated carbocycles. The van der Waals surface area contributed by atoms with Gasteiger partial charge in [0.05, 0.1) is 18.6 Å². The zero-order valence-electron chi connectivity index (χ0n) is 14.2. The Morgan fingerprint density at radius 1 is 1.32 bits per heavy atom. The third-order valence-electron chi connectivity index (χ3n) is 4.15. The van der Waals surface area contributed by atoms with E-state index in [1.165, 1.54) is 0 Å². The summed E-state index contributed by atoms with van der Waals surface area (Å²) in [6, 6.07) is 11.2. The summed E-state index contributed by atoms with van der Waals surface area (Å²) in [6.07, 6.45) is 3.65. The van der Waals surface area contributed by atoms with Crippen LogP contribution in [0.5, 0.6) is 0 Å². The SMILES string of the molecule is CCCCNC(=O)c1ccc([C@H]2SCC(=O)N2Cc2ccco2)cc1. The Kier molecular flexibility index (Phi) is 5.81. The molecule has 25 heavy (non-hydrogen) atoms. The maximum Gasteiger partial charge on any atom is 0.251 e. The topological polar surface area (TPSA) is 62.6 Å². The van der Waals surface area contributed by atoms with E-state index < -0.39 is 0 Å². The largest absolute Gasteiger partial charge is 0.467 e. The van der Waals surface area contributed by atoms with Crippen molar-refractivity contribution in [1.29, 1.82) is 0 Å². The number of hydrogen-bond donors (Lipinski definition) is 1. The van der Waals surface area contributed by atoms with Gasteiger partial charge in [-0.25, -0.2) is 0 Å². The average molecular weight is 358 g/mol. The van der Waals surface area contributed by atoms with Crippen LogP contribution in [-0.4, -0.2) is 29.0 Å². The number of hydrogen-bond acceptors (Lipinski definition) is 4. The van der Waals surface area contributed by atoms with Crippen molar-refractivity contribution in [2.45, 2.75) is 31.7 Å². The molecule has 1 aliphatic rings. The number of carbonyl (C=O) groups is 2. The van der Waals surface area contributed by atoms with Crippen molar-refractivity contribution in [2.24, 2.45) is 0 Å². The van der Waals surface area contributed by atoms with E-state index in [9.17, 15) is 9.59 Å². The summed E-state index contributed by atoms with van der Waals surface area (Å²) in [7, 11) is 0. The minimum atomic E-state index is -0.0532. The van der Waals surface area contributed by atoms with E-state index in [0.717, 1.165) is 24.2 Å². The number of furan rings is 1. The first kappa shape index (κ1) is 17.6. The number of nitrogens with one attached hydrogen (secondary N) is 1. The molecule has 1 atom stereocenters. The van der Waals surface area contributed by atoms with E-state index in [2.05, 4.69) is 12.2 Å². The predicted octanol–water partition coefficient (Wildman–Crippen LogP) is 3.58. The lowest BCUT2D eigenvalue weighted by atomic mass is 10.1. The maximum absolute atomic E-state index is 12.2. The lowest BCUT2D eigenvalue weighted by molar-refractivity contribution is -0.128. The number of benzene rings is 1. The van der Waals surface area contributed by atoms with Crippen molar-refractivity contribution >= 4 is 23.6 Å². The molecule has 1 saturated heterocycles. The summed E-state index contributed by atoms with van der Waals surface area (Å²) in [6.45, 7) is 3.25. The smallest absolute Gasteiger partial charge is 0.251 e. The lowest BCUT2D eigenvalue weighted by Gasteiger charge is -2.23. The van der Waals surface area contributed by atoms with E-state index in [-0.39, 0.29) is 17.2 Å². The van der Waals surface area contributed by atoms with Gasteiger partial charge < -0.3 is 14.6 Å². The third kappa shape index (κ3) is 4.25. The molecule has 0 unspecified atom stereocenters. The van der Waals surface area contributed by atoms with Crippen molar-refractivity contribution in [3.05, 3.63) is 59.5 Å².